The highest BCUT2D eigenvalue weighted by molar-refractivity contribution is 5.61. The van der Waals surface area contributed by atoms with Crippen molar-refractivity contribution in [2.24, 2.45) is 0 Å². The van der Waals surface area contributed by atoms with Crippen molar-refractivity contribution >= 4 is 5.57 Å². The summed E-state index contributed by atoms with van der Waals surface area (Å²) in [7, 11) is 0. The first kappa shape index (κ1) is 9.85. The van der Waals surface area contributed by atoms with Gasteiger partial charge in [0.15, 0.2) is 0 Å². The van der Waals surface area contributed by atoms with Crippen molar-refractivity contribution in [1.29, 1.82) is 0 Å². The molecular formula is C12H16O. The van der Waals surface area contributed by atoms with Crippen LogP contribution in [-0.2, 0) is 0 Å². The molecule has 0 atom stereocenters. The molecule has 1 aromatic rings. The maximum absolute atomic E-state index is 5.52. The first-order valence-electron chi connectivity index (χ1n) is 4.52. The zero-order valence-corrected chi connectivity index (χ0v) is 8.50. The van der Waals surface area contributed by atoms with Gasteiger partial charge < -0.3 is 4.74 Å². The third-order valence-electron chi connectivity index (χ3n) is 1.72. The van der Waals surface area contributed by atoms with Gasteiger partial charge in [0, 0.05) is 0 Å². The van der Waals surface area contributed by atoms with Crippen molar-refractivity contribution < 1.29 is 4.74 Å². The topological polar surface area (TPSA) is 9.23 Å². The van der Waals surface area contributed by atoms with Crippen molar-refractivity contribution in [2.75, 3.05) is 0 Å². The van der Waals surface area contributed by atoms with Gasteiger partial charge in [0.2, 0.25) is 0 Å². The van der Waals surface area contributed by atoms with Gasteiger partial charge in [-0.05, 0) is 38.5 Å². The van der Waals surface area contributed by atoms with Crippen LogP contribution in [0.25, 0.3) is 5.57 Å². The summed E-state index contributed by atoms with van der Waals surface area (Å²) >= 11 is 0. The van der Waals surface area contributed by atoms with Gasteiger partial charge in [-0.3, -0.25) is 0 Å². The molecule has 0 aromatic heterocycles. The van der Waals surface area contributed by atoms with Crippen LogP contribution >= 0.6 is 0 Å². The van der Waals surface area contributed by atoms with Gasteiger partial charge in [-0.2, -0.15) is 0 Å². The van der Waals surface area contributed by atoms with E-state index in [-0.39, 0.29) is 6.10 Å². The Bertz CT molecular complexity index is 282. The summed E-state index contributed by atoms with van der Waals surface area (Å²) in [6.07, 6.45) is 0.232. The van der Waals surface area contributed by atoms with Gasteiger partial charge in [0.1, 0.15) is 5.75 Å². The van der Waals surface area contributed by atoms with E-state index in [0.29, 0.717) is 0 Å². The molecule has 0 aliphatic carbocycles. The fourth-order valence-electron chi connectivity index (χ4n) is 1.09. The van der Waals surface area contributed by atoms with E-state index in [0.717, 1.165) is 16.9 Å². The highest BCUT2D eigenvalue weighted by Crippen LogP contribution is 2.17. The smallest absolute Gasteiger partial charge is 0.119 e. The van der Waals surface area contributed by atoms with Crippen LogP contribution in [0, 0.1) is 0 Å². The van der Waals surface area contributed by atoms with Crippen LogP contribution in [0.4, 0.5) is 0 Å². The molecule has 0 spiro atoms. The van der Waals surface area contributed by atoms with Crippen LogP contribution in [0.3, 0.4) is 0 Å². The largest absolute Gasteiger partial charge is 0.491 e. The SMILES string of the molecule is C=C(C)c1ccc(OC(C)C)cc1. The summed E-state index contributed by atoms with van der Waals surface area (Å²) in [6, 6.07) is 8.01. The van der Waals surface area contributed by atoms with Crippen molar-refractivity contribution in [3.63, 3.8) is 0 Å². The minimum absolute atomic E-state index is 0.232. The van der Waals surface area contributed by atoms with Gasteiger partial charge in [0.25, 0.3) is 0 Å². The van der Waals surface area contributed by atoms with Crippen molar-refractivity contribution in [3.8, 4) is 5.75 Å². The third-order valence-corrected chi connectivity index (χ3v) is 1.72. The molecule has 70 valence electrons. The minimum atomic E-state index is 0.232. The molecule has 0 radical (unpaired) electrons. The van der Waals surface area contributed by atoms with Crippen molar-refractivity contribution in [2.45, 2.75) is 26.9 Å². The monoisotopic (exact) mass is 176 g/mol. The molecule has 1 rings (SSSR count). The standard InChI is InChI=1S/C12H16O/c1-9(2)11-5-7-12(8-6-11)13-10(3)4/h5-8,10H,1H2,2-4H3. The number of allylic oxidation sites excluding steroid dienone is 1. The zero-order chi connectivity index (χ0) is 9.84. The first-order valence-corrected chi connectivity index (χ1v) is 4.52. The van der Waals surface area contributed by atoms with Crippen LogP contribution in [0.2, 0.25) is 0 Å². The zero-order valence-electron chi connectivity index (χ0n) is 8.50. The molecule has 0 saturated heterocycles. The predicted octanol–water partition coefficient (Wildman–Crippen LogP) is 3.51. The molecule has 1 aromatic carbocycles. The van der Waals surface area contributed by atoms with Gasteiger partial charge in [-0.1, -0.05) is 24.3 Å². The number of ether oxygens (including phenoxy) is 1. The summed E-state index contributed by atoms with van der Waals surface area (Å²) in [5, 5.41) is 0. The number of hydrogen-bond donors (Lipinski definition) is 0. The molecule has 13 heavy (non-hydrogen) atoms. The van der Waals surface area contributed by atoms with E-state index in [9.17, 15) is 0 Å². The number of rotatable bonds is 3. The Kier molecular flexibility index (Phi) is 3.13. The molecule has 0 aliphatic rings. The summed E-state index contributed by atoms with van der Waals surface area (Å²) in [5.41, 5.74) is 2.24. The number of hydrogen-bond acceptors (Lipinski definition) is 1. The van der Waals surface area contributed by atoms with Gasteiger partial charge in [-0.15, -0.1) is 0 Å². The highest BCUT2D eigenvalue weighted by atomic mass is 16.5. The maximum Gasteiger partial charge on any atom is 0.119 e. The van der Waals surface area contributed by atoms with Crippen LogP contribution in [0.1, 0.15) is 26.3 Å². The fourth-order valence-corrected chi connectivity index (χ4v) is 1.09. The molecule has 0 amide bonds. The number of benzene rings is 1. The van der Waals surface area contributed by atoms with Crippen molar-refractivity contribution in [1.82, 2.24) is 0 Å². The van der Waals surface area contributed by atoms with E-state index in [1.54, 1.807) is 0 Å². The molecule has 1 nitrogen and oxygen atoms in total. The van der Waals surface area contributed by atoms with E-state index >= 15 is 0 Å². The van der Waals surface area contributed by atoms with Gasteiger partial charge >= 0.3 is 0 Å². The second-order valence-corrected chi connectivity index (χ2v) is 3.47. The molecule has 0 fully saturated rings. The first-order chi connectivity index (χ1) is 6.09. The lowest BCUT2D eigenvalue weighted by Gasteiger charge is -2.09. The quantitative estimate of drug-likeness (QED) is 0.684. The molecular weight excluding hydrogens is 160 g/mol. The highest BCUT2D eigenvalue weighted by Gasteiger charge is 1.97. The van der Waals surface area contributed by atoms with E-state index < -0.39 is 0 Å². The van der Waals surface area contributed by atoms with Gasteiger partial charge in [0.05, 0.1) is 6.10 Å². The third kappa shape index (κ3) is 2.94. The molecule has 0 saturated carbocycles. The van der Waals surface area contributed by atoms with Gasteiger partial charge in [-0.25, -0.2) is 0 Å². The summed E-state index contributed by atoms with van der Waals surface area (Å²) in [5.74, 6) is 0.917. The Morgan fingerprint density at radius 3 is 2.15 bits per heavy atom. The van der Waals surface area contributed by atoms with E-state index in [1.807, 2.05) is 45.0 Å². The summed E-state index contributed by atoms with van der Waals surface area (Å²) in [6.45, 7) is 9.91. The van der Waals surface area contributed by atoms with E-state index in [1.165, 1.54) is 0 Å². The lowest BCUT2D eigenvalue weighted by molar-refractivity contribution is 0.242. The molecule has 0 bridgehead atoms. The Balaban J connectivity index is 2.75. The average molecular weight is 176 g/mol. The van der Waals surface area contributed by atoms with Crippen LogP contribution in [0.15, 0.2) is 30.8 Å². The Morgan fingerprint density at radius 1 is 1.23 bits per heavy atom. The minimum Gasteiger partial charge on any atom is -0.491 e. The van der Waals surface area contributed by atoms with Crippen LogP contribution < -0.4 is 4.74 Å². The Hall–Kier alpha value is -1.24. The Morgan fingerprint density at radius 2 is 1.77 bits per heavy atom. The fraction of sp³-hybridized carbons (Fsp3) is 0.333. The average Bonchev–Trinajstić information content (AvgIpc) is 2.04. The molecule has 0 unspecified atom stereocenters. The van der Waals surface area contributed by atoms with E-state index in [2.05, 4.69) is 6.58 Å². The lowest BCUT2D eigenvalue weighted by Crippen LogP contribution is -2.05. The maximum atomic E-state index is 5.52. The van der Waals surface area contributed by atoms with Crippen LogP contribution in [0.5, 0.6) is 5.75 Å². The predicted molar refractivity (Wildman–Crippen MR) is 56.9 cm³/mol. The molecule has 0 aliphatic heterocycles. The normalized spacial score (nSPS) is 10.2. The summed E-state index contributed by atoms with van der Waals surface area (Å²) < 4.78 is 5.52. The summed E-state index contributed by atoms with van der Waals surface area (Å²) in [4.78, 5) is 0. The second-order valence-electron chi connectivity index (χ2n) is 3.47. The molecule has 1 heteroatoms. The Labute approximate surface area is 80.0 Å². The second kappa shape index (κ2) is 4.13. The van der Waals surface area contributed by atoms with E-state index in [4.69, 9.17) is 4.74 Å². The van der Waals surface area contributed by atoms with Crippen LogP contribution in [-0.4, -0.2) is 6.10 Å². The lowest BCUT2D eigenvalue weighted by atomic mass is 10.1. The molecule has 0 N–H and O–H groups in total. The van der Waals surface area contributed by atoms with Crippen molar-refractivity contribution in [3.05, 3.63) is 36.4 Å². The molecule has 0 heterocycles.